The van der Waals surface area contributed by atoms with E-state index in [2.05, 4.69) is 10.2 Å². The van der Waals surface area contributed by atoms with Crippen LogP contribution in [0.1, 0.15) is 12.8 Å². The molecule has 0 atom stereocenters. The molecular formula is C18H22FN3O4. The van der Waals surface area contributed by atoms with Gasteiger partial charge >= 0.3 is 5.97 Å². The van der Waals surface area contributed by atoms with Crippen LogP contribution in [-0.2, 0) is 14.3 Å². The number of aliphatic hydroxyl groups excluding tert-OH is 1. The number of aliphatic hydroxyl groups is 1. The van der Waals surface area contributed by atoms with Crippen LogP contribution >= 0.6 is 0 Å². The summed E-state index contributed by atoms with van der Waals surface area (Å²) < 4.78 is 18.6. The topological polar surface area (TPSA) is 82.1 Å². The first-order valence-corrected chi connectivity index (χ1v) is 8.58. The Morgan fingerprint density at radius 2 is 2.08 bits per heavy atom. The SMILES string of the molecule is COC(=O)C1=C(Nc2cc(F)ccc2N2CCCC2)C(=O)N(CCO)C1. The molecule has 1 fully saturated rings. The number of ether oxygens (including phenoxy) is 1. The Bertz CT molecular complexity index is 744. The number of halogens is 1. The molecule has 2 N–H and O–H groups in total. The fraction of sp³-hybridized carbons (Fsp3) is 0.444. The summed E-state index contributed by atoms with van der Waals surface area (Å²) in [6.45, 7) is 1.64. The van der Waals surface area contributed by atoms with Crippen LogP contribution in [0.25, 0.3) is 0 Å². The van der Waals surface area contributed by atoms with Crippen LogP contribution in [0.15, 0.2) is 29.5 Å². The Hall–Kier alpha value is -2.61. The van der Waals surface area contributed by atoms with Gasteiger partial charge in [0.1, 0.15) is 11.5 Å². The largest absolute Gasteiger partial charge is 0.466 e. The van der Waals surface area contributed by atoms with E-state index in [9.17, 15) is 14.0 Å². The van der Waals surface area contributed by atoms with Crippen LogP contribution in [0.2, 0.25) is 0 Å². The van der Waals surface area contributed by atoms with Crippen molar-refractivity contribution < 1.29 is 23.8 Å². The Morgan fingerprint density at radius 1 is 1.35 bits per heavy atom. The molecule has 1 aromatic carbocycles. The number of amides is 1. The Balaban J connectivity index is 1.96. The normalized spacial score (nSPS) is 17.3. The molecule has 0 aliphatic carbocycles. The first kappa shape index (κ1) is 18.2. The van der Waals surface area contributed by atoms with Gasteiger partial charge in [0.05, 0.1) is 37.2 Å². The summed E-state index contributed by atoms with van der Waals surface area (Å²) in [7, 11) is 1.24. The summed E-state index contributed by atoms with van der Waals surface area (Å²) >= 11 is 0. The lowest BCUT2D eigenvalue weighted by molar-refractivity contribution is -0.136. The minimum atomic E-state index is -0.625. The zero-order valence-corrected chi connectivity index (χ0v) is 14.6. The van der Waals surface area contributed by atoms with Gasteiger partial charge in [0.25, 0.3) is 5.91 Å². The number of β-amino-alcohol motifs (C(OH)–C–C–N with tert-alkyl or cyclic N) is 1. The highest BCUT2D eigenvalue weighted by Gasteiger charge is 2.35. The van der Waals surface area contributed by atoms with Crippen molar-refractivity contribution >= 4 is 23.3 Å². The number of carbonyl (C=O) groups is 2. The van der Waals surface area contributed by atoms with Gasteiger partial charge in [-0.25, -0.2) is 9.18 Å². The molecule has 0 aromatic heterocycles. The van der Waals surface area contributed by atoms with Crippen molar-refractivity contribution in [1.29, 1.82) is 0 Å². The Morgan fingerprint density at radius 3 is 2.73 bits per heavy atom. The highest BCUT2D eigenvalue weighted by molar-refractivity contribution is 6.09. The Kier molecular flexibility index (Phi) is 5.41. The van der Waals surface area contributed by atoms with Gasteiger partial charge in [-0.3, -0.25) is 4.79 Å². The Labute approximate surface area is 151 Å². The van der Waals surface area contributed by atoms with Crippen LogP contribution in [0.3, 0.4) is 0 Å². The first-order chi connectivity index (χ1) is 12.5. The van der Waals surface area contributed by atoms with Crippen molar-refractivity contribution in [2.75, 3.05) is 50.1 Å². The van der Waals surface area contributed by atoms with E-state index in [1.54, 1.807) is 6.07 Å². The van der Waals surface area contributed by atoms with E-state index in [1.165, 1.54) is 24.1 Å². The molecule has 1 aromatic rings. The smallest absolute Gasteiger partial charge is 0.337 e. The van der Waals surface area contributed by atoms with Gasteiger partial charge in [-0.05, 0) is 31.0 Å². The van der Waals surface area contributed by atoms with Gasteiger partial charge in [-0.1, -0.05) is 0 Å². The second-order valence-corrected chi connectivity index (χ2v) is 6.28. The third kappa shape index (κ3) is 3.50. The summed E-state index contributed by atoms with van der Waals surface area (Å²) in [5, 5.41) is 12.1. The average Bonchev–Trinajstić information content (AvgIpc) is 3.26. The molecule has 26 heavy (non-hydrogen) atoms. The highest BCUT2D eigenvalue weighted by atomic mass is 19.1. The summed E-state index contributed by atoms with van der Waals surface area (Å²) in [6, 6.07) is 4.37. The number of nitrogens with zero attached hydrogens (tertiary/aromatic N) is 2. The molecule has 0 spiro atoms. The standard InChI is InChI=1S/C18H22FN3O4/c1-26-18(25)13-11-22(8-9-23)17(24)16(13)20-14-10-12(19)4-5-15(14)21-6-2-3-7-21/h4-5,10,20,23H,2-3,6-9,11H2,1H3. The zero-order valence-electron chi connectivity index (χ0n) is 14.6. The van der Waals surface area contributed by atoms with Gasteiger partial charge in [0.2, 0.25) is 0 Å². The summed E-state index contributed by atoms with van der Waals surface area (Å²) in [6.07, 6.45) is 2.10. The minimum absolute atomic E-state index is 0.0444. The number of nitrogens with one attached hydrogen (secondary N) is 1. The van der Waals surface area contributed by atoms with Gasteiger partial charge in [-0.2, -0.15) is 0 Å². The van der Waals surface area contributed by atoms with E-state index >= 15 is 0 Å². The molecule has 0 radical (unpaired) electrons. The first-order valence-electron chi connectivity index (χ1n) is 8.58. The third-order valence-corrected chi connectivity index (χ3v) is 4.62. The molecule has 140 valence electrons. The molecule has 0 saturated carbocycles. The molecule has 7 nitrogen and oxygen atoms in total. The van der Waals surface area contributed by atoms with Crippen molar-refractivity contribution in [2.45, 2.75) is 12.8 Å². The summed E-state index contributed by atoms with van der Waals surface area (Å²) in [5.74, 6) is -1.48. The number of hydrogen-bond acceptors (Lipinski definition) is 6. The average molecular weight is 363 g/mol. The molecular weight excluding hydrogens is 341 g/mol. The maximum atomic E-state index is 13.8. The lowest BCUT2D eigenvalue weighted by atomic mass is 10.2. The van der Waals surface area contributed by atoms with Crippen molar-refractivity contribution in [2.24, 2.45) is 0 Å². The number of anilines is 2. The van der Waals surface area contributed by atoms with E-state index in [0.717, 1.165) is 31.6 Å². The third-order valence-electron chi connectivity index (χ3n) is 4.62. The molecule has 0 bridgehead atoms. The molecule has 8 heteroatoms. The van der Waals surface area contributed by atoms with Crippen LogP contribution in [0.5, 0.6) is 0 Å². The molecule has 2 aliphatic rings. The van der Waals surface area contributed by atoms with Gasteiger partial charge < -0.3 is 25.0 Å². The zero-order chi connectivity index (χ0) is 18.7. The summed E-state index contributed by atoms with van der Waals surface area (Å²) in [5.41, 5.74) is 1.45. The fourth-order valence-electron chi connectivity index (χ4n) is 3.33. The second kappa shape index (κ2) is 7.74. The summed E-state index contributed by atoms with van der Waals surface area (Å²) in [4.78, 5) is 28.2. The van der Waals surface area contributed by atoms with Crippen LogP contribution in [0.4, 0.5) is 15.8 Å². The number of esters is 1. The van der Waals surface area contributed by atoms with E-state index in [1.807, 2.05) is 0 Å². The molecule has 2 aliphatic heterocycles. The van der Waals surface area contributed by atoms with Gasteiger partial charge in [0.15, 0.2) is 0 Å². The van der Waals surface area contributed by atoms with Crippen LogP contribution in [0, 0.1) is 5.82 Å². The predicted octanol–water partition coefficient (Wildman–Crippen LogP) is 1.10. The molecule has 1 saturated heterocycles. The van der Waals surface area contributed by atoms with Gasteiger partial charge in [-0.15, -0.1) is 0 Å². The van der Waals surface area contributed by atoms with E-state index in [4.69, 9.17) is 9.84 Å². The van der Waals surface area contributed by atoms with E-state index in [-0.39, 0.29) is 31.0 Å². The van der Waals surface area contributed by atoms with Crippen molar-refractivity contribution in [1.82, 2.24) is 4.90 Å². The van der Waals surface area contributed by atoms with E-state index < -0.39 is 17.7 Å². The van der Waals surface area contributed by atoms with Crippen molar-refractivity contribution in [3.8, 4) is 0 Å². The molecule has 3 rings (SSSR count). The number of rotatable bonds is 6. The number of carbonyl (C=O) groups excluding carboxylic acids is 2. The van der Waals surface area contributed by atoms with E-state index in [0.29, 0.717) is 5.69 Å². The number of methoxy groups -OCH3 is 1. The molecule has 2 heterocycles. The predicted molar refractivity (Wildman–Crippen MR) is 94.2 cm³/mol. The fourth-order valence-corrected chi connectivity index (χ4v) is 3.33. The highest BCUT2D eigenvalue weighted by Crippen LogP contribution is 2.32. The molecule has 0 unspecified atom stereocenters. The lowest BCUT2D eigenvalue weighted by Gasteiger charge is -2.22. The van der Waals surface area contributed by atoms with Gasteiger partial charge in [0, 0.05) is 19.6 Å². The van der Waals surface area contributed by atoms with Crippen molar-refractivity contribution in [3.05, 3.63) is 35.3 Å². The van der Waals surface area contributed by atoms with Crippen LogP contribution < -0.4 is 10.2 Å². The molecule has 1 amide bonds. The maximum absolute atomic E-state index is 13.8. The quantitative estimate of drug-likeness (QED) is 0.737. The maximum Gasteiger partial charge on any atom is 0.337 e. The van der Waals surface area contributed by atoms with Crippen LogP contribution in [-0.4, -0.2) is 61.8 Å². The number of benzene rings is 1. The lowest BCUT2D eigenvalue weighted by Crippen LogP contribution is -2.31. The second-order valence-electron chi connectivity index (χ2n) is 6.28. The number of hydrogen-bond donors (Lipinski definition) is 2. The van der Waals surface area contributed by atoms with Crippen molar-refractivity contribution in [3.63, 3.8) is 0 Å². The minimum Gasteiger partial charge on any atom is -0.466 e. The monoisotopic (exact) mass is 363 g/mol.